The van der Waals surface area contributed by atoms with Gasteiger partial charge in [0.25, 0.3) is 0 Å². The highest BCUT2D eigenvalue weighted by molar-refractivity contribution is 5.80. The van der Waals surface area contributed by atoms with Crippen LogP contribution >= 0.6 is 0 Å². The Balaban J connectivity index is 2.06. The molecule has 1 saturated heterocycles. The van der Waals surface area contributed by atoms with Crippen LogP contribution in [0.3, 0.4) is 0 Å². The van der Waals surface area contributed by atoms with Crippen LogP contribution in [0, 0.1) is 0 Å². The second-order valence-corrected chi connectivity index (χ2v) is 4.38. The lowest BCUT2D eigenvalue weighted by molar-refractivity contribution is 0.0652. The van der Waals surface area contributed by atoms with E-state index in [1.165, 1.54) is 5.57 Å². The molecule has 1 fully saturated rings. The summed E-state index contributed by atoms with van der Waals surface area (Å²) in [5.74, 6) is 0. The van der Waals surface area contributed by atoms with E-state index < -0.39 is 6.10 Å². The van der Waals surface area contributed by atoms with Crippen LogP contribution in [0.2, 0.25) is 0 Å². The van der Waals surface area contributed by atoms with Crippen molar-refractivity contribution in [3.05, 3.63) is 35.7 Å². The van der Waals surface area contributed by atoms with Gasteiger partial charge in [-0.05, 0) is 25.5 Å². The van der Waals surface area contributed by atoms with Crippen LogP contribution < -0.4 is 0 Å². The second kappa shape index (κ2) is 3.22. The van der Waals surface area contributed by atoms with E-state index in [9.17, 15) is 9.90 Å². The van der Waals surface area contributed by atoms with Crippen LogP contribution in [-0.2, 0) is 0 Å². The van der Waals surface area contributed by atoms with Gasteiger partial charge in [-0.15, -0.1) is 0 Å². The number of allylic oxidation sites excluding steroid dienone is 1. The number of amides is 1. The zero-order valence-corrected chi connectivity index (χ0v) is 9.13. The van der Waals surface area contributed by atoms with E-state index in [1.807, 2.05) is 19.1 Å². The molecule has 2 aliphatic heterocycles. The summed E-state index contributed by atoms with van der Waals surface area (Å²) in [7, 11) is 0. The van der Waals surface area contributed by atoms with Crippen LogP contribution in [0.4, 0.5) is 4.79 Å². The van der Waals surface area contributed by atoms with Crippen LogP contribution in [0.1, 0.15) is 25.1 Å². The summed E-state index contributed by atoms with van der Waals surface area (Å²) in [5, 5.41) is 10.2. The number of hydrogen-bond acceptors (Lipinski definition) is 2. The molecular weight excluding hydrogens is 204 g/mol. The number of aliphatic hydroxyl groups excluding tert-OH is 1. The summed E-state index contributed by atoms with van der Waals surface area (Å²) in [4.78, 5) is 13.9. The summed E-state index contributed by atoms with van der Waals surface area (Å²) in [6, 6.07) is 3.51. The quantitative estimate of drug-likeness (QED) is 0.671. The molecule has 3 rings (SSSR count). The van der Waals surface area contributed by atoms with Crippen molar-refractivity contribution in [3.63, 3.8) is 0 Å². The fourth-order valence-electron chi connectivity index (χ4n) is 2.62. The van der Waals surface area contributed by atoms with E-state index in [1.54, 1.807) is 21.7 Å². The van der Waals surface area contributed by atoms with Crippen LogP contribution in [0.5, 0.6) is 0 Å². The summed E-state index contributed by atoms with van der Waals surface area (Å²) in [6.45, 7) is 2.62. The van der Waals surface area contributed by atoms with Gasteiger partial charge in [0.2, 0.25) is 0 Å². The molecule has 1 N–H and O–H groups in total. The standard InChI is InChI=1S/C12H14N2O2/c1-2-8-6-10-11(15)9-4-3-5-13(9)12(16)14(10)7-8/h2-5,10-11,15H,6-7H2,1H3/b8-2+/t10-,11-/m0/s1. The van der Waals surface area contributed by atoms with Crippen LogP contribution in [-0.4, -0.2) is 33.2 Å². The second-order valence-electron chi connectivity index (χ2n) is 4.38. The molecule has 4 heteroatoms. The van der Waals surface area contributed by atoms with Crippen molar-refractivity contribution in [1.82, 2.24) is 9.47 Å². The highest BCUT2D eigenvalue weighted by atomic mass is 16.3. The third kappa shape index (κ3) is 1.10. The Kier molecular flexibility index (Phi) is 1.94. The number of nitrogens with zero attached hydrogens (tertiary/aromatic N) is 2. The molecule has 0 spiro atoms. The van der Waals surface area contributed by atoms with Crippen molar-refractivity contribution in [2.24, 2.45) is 0 Å². The molecule has 3 heterocycles. The number of fused-ring (bicyclic) bond motifs is 2. The van der Waals surface area contributed by atoms with Gasteiger partial charge in [-0.25, -0.2) is 4.79 Å². The summed E-state index contributed by atoms with van der Waals surface area (Å²) >= 11 is 0. The van der Waals surface area contributed by atoms with E-state index >= 15 is 0 Å². The van der Waals surface area contributed by atoms with Gasteiger partial charge in [0.1, 0.15) is 6.10 Å². The molecule has 0 aromatic carbocycles. The van der Waals surface area contributed by atoms with Crippen molar-refractivity contribution in [3.8, 4) is 0 Å². The third-order valence-corrected chi connectivity index (χ3v) is 3.55. The van der Waals surface area contributed by atoms with Crippen molar-refractivity contribution < 1.29 is 9.90 Å². The highest BCUT2D eigenvalue weighted by Gasteiger charge is 2.42. The number of carbonyl (C=O) groups excluding carboxylic acids is 1. The smallest absolute Gasteiger partial charge is 0.329 e. The van der Waals surface area contributed by atoms with Gasteiger partial charge in [-0.2, -0.15) is 0 Å². The Hall–Kier alpha value is -1.55. The lowest BCUT2D eigenvalue weighted by atomic mass is 10.0. The average Bonchev–Trinajstić information content (AvgIpc) is 2.92. The zero-order valence-electron chi connectivity index (χ0n) is 9.13. The number of aliphatic hydroxyl groups is 1. The first-order chi connectivity index (χ1) is 7.72. The van der Waals surface area contributed by atoms with Crippen molar-refractivity contribution in [2.45, 2.75) is 25.5 Å². The fraction of sp³-hybridized carbons (Fsp3) is 0.417. The largest absolute Gasteiger partial charge is 0.385 e. The van der Waals surface area contributed by atoms with E-state index in [2.05, 4.69) is 0 Å². The molecule has 16 heavy (non-hydrogen) atoms. The molecule has 2 aliphatic rings. The van der Waals surface area contributed by atoms with Gasteiger partial charge >= 0.3 is 6.03 Å². The first kappa shape index (κ1) is 9.66. The van der Waals surface area contributed by atoms with Gasteiger partial charge in [-0.3, -0.25) is 4.57 Å². The molecule has 1 amide bonds. The molecule has 2 atom stereocenters. The molecule has 0 bridgehead atoms. The van der Waals surface area contributed by atoms with Crippen molar-refractivity contribution in [2.75, 3.05) is 6.54 Å². The molecule has 1 aromatic rings. The summed E-state index contributed by atoms with van der Waals surface area (Å²) in [5.41, 5.74) is 1.94. The molecule has 0 unspecified atom stereocenters. The van der Waals surface area contributed by atoms with Gasteiger partial charge in [0, 0.05) is 12.7 Å². The number of aromatic nitrogens is 1. The van der Waals surface area contributed by atoms with Gasteiger partial charge in [-0.1, -0.05) is 11.6 Å². The average molecular weight is 218 g/mol. The molecule has 0 saturated carbocycles. The van der Waals surface area contributed by atoms with E-state index in [-0.39, 0.29) is 12.1 Å². The first-order valence-electron chi connectivity index (χ1n) is 5.52. The SMILES string of the molecule is C/C=C1\C[C@H]2[C@@H](O)c3cccn3C(=O)N2C1. The Bertz CT molecular complexity index is 475. The van der Waals surface area contributed by atoms with E-state index in [0.29, 0.717) is 12.2 Å². The van der Waals surface area contributed by atoms with Gasteiger partial charge in [0.15, 0.2) is 0 Å². The van der Waals surface area contributed by atoms with Gasteiger partial charge in [0.05, 0.1) is 11.7 Å². The third-order valence-electron chi connectivity index (χ3n) is 3.55. The maximum Gasteiger partial charge on any atom is 0.329 e. The predicted molar refractivity (Wildman–Crippen MR) is 59.1 cm³/mol. The van der Waals surface area contributed by atoms with Crippen LogP contribution in [0.15, 0.2) is 30.0 Å². The molecule has 1 aromatic heterocycles. The Labute approximate surface area is 93.8 Å². The Morgan fingerprint density at radius 2 is 2.38 bits per heavy atom. The summed E-state index contributed by atoms with van der Waals surface area (Å²) in [6.07, 6.45) is 3.97. The summed E-state index contributed by atoms with van der Waals surface area (Å²) < 4.78 is 1.54. The number of rotatable bonds is 0. The molecule has 0 aliphatic carbocycles. The maximum atomic E-state index is 12.1. The minimum absolute atomic E-state index is 0.0212. The first-order valence-corrected chi connectivity index (χ1v) is 5.52. The lowest BCUT2D eigenvalue weighted by Gasteiger charge is -2.34. The minimum Gasteiger partial charge on any atom is -0.385 e. The van der Waals surface area contributed by atoms with E-state index in [0.717, 1.165) is 6.42 Å². The molecular formula is C12H14N2O2. The zero-order chi connectivity index (χ0) is 11.3. The monoisotopic (exact) mass is 218 g/mol. The molecule has 0 radical (unpaired) electrons. The lowest BCUT2D eigenvalue weighted by Crippen LogP contribution is -2.46. The number of hydrogen-bond donors (Lipinski definition) is 1. The Morgan fingerprint density at radius 3 is 3.12 bits per heavy atom. The van der Waals surface area contributed by atoms with Crippen molar-refractivity contribution >= 4 is 6.03 Å². The topological polar surface area (TPSA) is 45.5 Å². The highest BCUT2D eigenvalue weighted by Crippen LogP contribution is 2.36. The number of carbonyl (C=O) groups is 1. The Morgan fingerprint density at radius 1 is 1.56 bits per heavy atom. The van der Waals surface area contributed by atoms with Crippen LogP contribution in [0.25, 0.3) is 0 Å². The van der Waals surface area contributed by atoms with Crippen molar-refractivity contribution in [1.29, 1.82) is 0 Å². The molecule has 84 valence electrons. The molecule has 4 nitrogen and oxygen atoms in total. The fourth-order valence-corrected chi connectivity index (χ4v) is 2.62. The predicted octanol–water partition coefficient (Wildman–Crippen LogP) is 1.52. The normalized spacial score (nSPS) is 30.8. The minimum atomic E-state index is -0.565. The maximum absolute atomic E-state index is 12.1. The van der Waals surface area contributed by atoms with Gasteiger partial charge < -0.3 is 10.0 Å². The van der Waals surface area contributed by atoms with E-state index in [4.69, 9.17) is 0 Å².